The van der Waals surface area contributed by atoms with E-state index in [1.54, 1.807) is 7.11 Å². The van der Waals surface area contributed by atoms with Crippen LogP contribution in [-0.4, -0.2) is 33.4 Å². The molecule has 0 aliphatic heterocycles. The quantitative estimate of drug-likeness (QED) is 0.791. The van der Waals surface area contributed by atoms with E-state index in [2.05, 4.69) is 58.2 Å². The van der Waals surface area contributed by atoms with Crippen molar-refractivity contribution in [3.63, 3.8) is 0 Å². The first kappa shape index (κ1) is 16.5. The van der Waals surface area contributed by atoms with Crippen molar-refractivity contribution in [1.29, 1.82) is 0 Å². The molecule has 0 spiro atoms. The predicted octanol–water partition coefficient (Wildman–Crippen LogP) is 3.42. The fourth-order valence-corrected chi connectivity index (χ4v) is 2.56. The Kier molecular flexibility index (Phi) is 7.42. The summed E-state index contributed by atoms with van der Waals surface area (Å²) in [5.74, 6) is 0. The van der Waals surface area contributed by atoms with Crippen LogP contribution in [0.4, 0.5) is 5.69 Å². The van der Waals surface area contributed by atoms with Gasteiger partial charge in [-0.2, -0.15) is 0 Å². The van der Waals surface area contributed by atoms with Gasteiger partial charge in [-0.3, -0.25) is 0 Å². The summed E-state index contributed by atoms with van der Waals surface area (Å²) in [6, 6.07) is 7.00. The average Bonchev–Trinajstić information content (AvgIpc) is 2.41. The topological polar surface area (TPSA) is 24.5 Å². The van der Waals surface area contributed by atoms with Crippen LogP contribution in [0.2, 0.25) is 0 Å². The van der Waals surface area contributed by atoms with Gasteiger partial charge >= 0.3 is 0 Å². The van der Waals surface area contributed by atoms with E-state index < -0.39 is 0 Å². The zero-order chi connectivity index (χ0) is 14.3. The fraction of sp³-hybridized carbons (Fsp3) is 0.600. The molecule has 0 heterocycles. The maximum atomic E-state index is 5.25. The second-order valence-corrected chi connectivity index (χ2v) is 5.66. The van der Waals surface area contributed by atoms with Crippen LogP contribution in [0.5, 0.6) is 0 Å². The zero-order valence-electron chi connectivity index (χ0n) is 12.4. The molecule has 0 saturated carbocycles. The second-order valence-electron chi connectivity index (χ2n) is 4.75. The molecule has 0 fully saturated rings. The molecule has 1 aromatic carbocycles. The Hall–Kier alpha value is -0.580. The molecule has 3 nitrogen and oxygen atoms in total. The molecular weight excluding hydrogens is 304 g/mol. The highest BCUT2D eigenvalue weighted by atomic mass is 79.9. The lowest BCUT2D eigenvalue weighted by Crippen LogP contribution is -2.36. The fourth-order valence-electron chi connectivity index (χ4n) is 2.15. The highest BCUT2D eigenvalue weighted by molar-refractivity contribution is 9.10. The van der Waals surface area contributed by atoms with Gasteiger partial charge in [0.05, 0.1) is 6.61 Å². The monoisotopic (exact) mass is 328 g/mol. The Morgan fingerprint density at radius 1 is 1.42 bits per heavy atom. The number of halogens is 1. The van der Waals surface area contributed by atoms with Gasteiger partial charge in [-0.1, -0.05) is 22.9 Å². The summed E-state index contributed by atoms with van der Waals surface area (Å²) in [5.41, 5.74) is 2.61. The normalized spacial score (nSPS) is 12.5. The van der Waals surface area contributed by atoms with Crippen molar-refractivity contribution in [2.45, 2.75) is 32.9 Å². The van der Waals surface area contributed by atoms with Crippen molar-refractivity contribution in [2.24, 2.45) is 0 Å². The number of methoxy groups -OCH3 is 1. The lowest BCUT2D eigenvalue weighted by Gasteiger charge is -2.32. The summed E-state index contributed by atoms with van der Waals surface area (Å²) in [6.07, 6.45) is 1.12. The Morgan fingerprint density at radius 2 is 2.16 bits per heavy atom. The third-order valence-corrected chi connectivity index (χ3v) is 3.87. The zero-order valence-corrected chi connectivity index (χ0v) is 14.0. The number of ether oxygens (including phenoxy) is 1. The van der Waals surface area contributed by atoms with Gasteiger partial charge in [0.15, 0.2) is 0 Å². The van der Waals surface area contributed by atoms with Crippen LogP contribution >= 0.6 is 15.9 Å². The molecule has 0 aliphatic carbocycles. The molecule has 0 radical (unpaired) electrons. The number of hydrogen-bond donors (Lipinski definition) is 1. The number of rotatable bonds is 8. The van der Waals surface area contributed by atoms with E-state index in [9.17, 15) is 0 Å². The average molecular weight is 329 g/mol. The first-order valence-electron chi connectivity index (χ1n) is 6.82. The van der Waals surface area contributed by atoms with Gasteiger partial charge < -0.3 is 15.0 Å². The molecule has 0 saturated heterocycles. The van der Waals surface area contributed by atoms with Crippen LogP contribution in [0.15, 0.2) is 22.7 Å². The third kappa shape index (κ3) is 4.79. The van der Waals surface area contributed by atoms with Crippen LogP contribution in [0.1, 0.15) is 25.8 Å². The van der Waals surface area contributed by atoms with E-state index >= 15 is 0 Å². The van der Waals surface area contributed by atoms with Crippen molar-refractivity contribution in [1.82, 2.24) is 5.32 Å². The summed E-state index contributed by atoms with van der Waals surface area (Å²) in [6.45, 7) is 7.03. The summed E-state index contributed by atoms with van der Waals surface area (Å²) in [4.78, 5) is 2.43. The largest absolute Gasteiger partial charge is 0.383 e. The molecule has 0 amide bonds. The summed E-state index contributed by atoms with van der Waals surface area (Å²) < 4.78 is 6.37. The lowest BCUT2D eigenvalue weighted by molar-refractivity contribution is 0.203. The van der Waals surface area contributed by atoms with Crippen molar-refractivity contribution >= 4 is 21.6 Å². The van der Waals surface area contributed by atoms with Gasteiger partial charge in [-0.25, -0.2) is 0 Å². The first-order chi connectivity index (χ1) is 9.13. The molecule has 1 atom stereocenters. The van der Waals surface area contributed by atoms with Crippen molar-refractivity contribution in [3.05, 3.63) is 28.2 Å². The predicted molar refractivity (Wildman–Crippen MR) is 85.9 cm³/mol. The van der Waals surface area contributed by atoms with E-state index in [1.165, 1.54) is 11.3 Å². The summed E-state index contributed by atoms with van der Waals surface area (Å²) in [7, 11) is 3.73. The SMILES string of the molecule is CCC(C)N(CCOC)c1ccc(Br)cc1CNC. The van der Waals surface area contributed by atoms with E-state index in [4.69, 9.17) is 4.74 Å². The number of nitrogens with one attached hydrogen (secondary N) is 1. The van der Waals surface area contributed by atoms with E-state index in [0.717, 1.165) is 30.6 Å². The smallest absolute Gasteiger partial charge is 0.0637 e. The molecule has 4 heteroatoms. The van der Waals surface area contributed by atoms with Gasteiger partial charge in [-0.05, 0) is 44.2 Å². The van der Waals surface area contributed by atoms with Crippen LogP contribution in [0, 0.1) is 0 Å². The minimum atomic E-state index is 0.506. The van der Waals surface area contributed by atoms with Gasteiger partial charge in [-0.15, -0.1) is 0 Å². The summed E-state index contributed by atoms with van der Waals surface area (Å²) in [5, 5.41) is 3.24. The lowest BCUT2D eigenvalue weighted by atomic mass is 10.1. The van der Waals surface area contributed by atoms with Crippen LogP contribution in [0.25, 0.3) is 0 Å². The van der Waals surface area contributed by atoms with Gasteiger partial charge in [0.1, 0.15) is 0 Å². The third-order valence-electron chi connectivity index (χ3n) is 3.38. The van der Waals surface area contributed by atoms with Crippen LogP contribution < -0.4 is 10.2 Å². The van der Waals surface area contributed by atoms with Crippen molar-refractivity contribution < 1.29 is 4.74 Å². The molecular formula is C15H25BrN2O. The minimum Gasteiger partial charge on any atom is -0.383 e. The Labute approximate surface area is 125 Å². The number of anilines is 1. The minimum absolute atomic E-state index is 0.506. The molecule has 0 aliphatic rings. The molecule has 1 aromatic rings. The van der Waals surface area contributed by atoms with Gasteiger partial charge in [0.25, 0.3) is 0 Å². The van der Waals surface area contributed by atoms with Gasteiger partial charge in [0.2, 0.25) is 0 Å². The Bertz CT molecular complexity index is 384. The van der Waals surface area contributed by atoms with Crippen molar-refractivity contribution in [3.8, 4) is 0 Å². The van der Waals surface area contributed by atoms with Crippen LogP contribution in [-0.2, 0) is 11.3 Å². The first-order valence-corrected chi connectivity index (χ1v) is 7.61. The highest BCUT2D eigenvalue weighted by Crippen LogP contribution is 2.27. The van der Waals surface area contributed by atoms with E-state index in [0.29, 0.717) is 6.04 Å². The molecule has 0 bridgehead atoms. The van der Waals surface area contributed by atoms with Crippen LogP contribution in [0.3, 0.4) is 0 Å². The Balaban J connectivity index is 3.05. The molecule has 108 valence electrons. The van der Waals surface area contributed by atoms with E-state index in [-0.39, 0.29) is 0 Å². The van der Waals surface area contributed by atoms with Crippen molar-refractivity contribution in [2.75, 3.05) is 32.2 Å². The highest BCUT2D eigenvalue weighted by Gasteiger charge is 2.16. The Morgan fingerprint density at radius 3 is 2.74 bits per heavy atom. The number of hydrogen-bond acceptors (Lipinski definition) is 3. The molecule has 0 aromatic heterocycles. The standard InChI is InChI=1S/C15H25BrN2O/c1-5-12(2)18(8-9-19-4)15-7-6-14(16)10-13(15)11-17-3/h6-7,10,12,17H,5,8-9,11H2,1-4H3. The molecule has 1 rings (SSSR count). The molecule has 19 heavy (non-hydrogen) atoms. The molecule has 1 N–H and O–H groups in total. The molecule has 1 unspecified atom stereocenters. The summed E-state index contributed by atoms with van der Waals surface area (Å²) >= 11 is 3.55. The second kappa shape index (κ2) is 8.56. The number of nitrogens with zero attached hydrogens (tertiary/aromatic N) is 1. The van der Waals surface area contributed by atoms with Gasteiger partial charge in [0, 0.05) is 36.4 Å². The maximum absolute atomic E-state index is 5.25. The maximum Gasteiger partial charge on any atom is 0.0637 e. The van der Waals surface area contributed by atoms with E-state index in [1.807, 2.05) is 7.05 Å². The number of benzene rings is 1.